The van der Waals surface area contributed by atoms with Gasteiger partial charge in [0.05, 0.1) is 6.54 Å². The van der Waals surface area contributed by atoms with E-state index in [1.165, 1.54) is 0 Å². The largest absolute Gasteiger partial charge is 0.321 e. The molecule has 0 unspecified atom stereocenters. The summed E-state index contributed by atoms with van der Waals surface area (Å²) in [6.45, 7) is 7.94. The summed E-state index contributed by atoms with van der Waals surface area (Å²) in [6.07, 6.45) is 0.941. The average Bonchev–Trinajstić information content (AvgIpc) is 1.95. The molecule has 0 aromatic heterocycles. The van der Waals surface area contributed by atoms with E-state index in [2.05, 4.69) is 30.9 Å². The van der Waals surface area contributed by atoms with Crippen LogP contribution in [0.3, 0.4) is 0 Å². The molecule has 0 saturated heterocycles. The Hall–Kier alpha value is -0.410. The third kappa shape index (κ3) is 5.77. The summed E-state index contributed by atoms with van der Waals surface area (Å²) in [4.78, 5) is 6.63. The fourth-order valence-electron chi connectivity index (χ4n) is 1.16. The van der Waals surface area contributed by atoms with Crippen LogP contribution in [0.1, 0.15) is 27.2 Å². The van der Waals surface area contributed by atoms with Gasteiger partial charge in [0.25, 0.3) is 0 Å². The Balaban J connectivity index is 4.09. The molecule has 0 aliphatic rings. The maximum Gasteiger partial charge on any atom is 0.0516 e. The number of aliphatic imine (C=N–C) groups is 1. The van der Waals surface area contributed by atoms with Gasteiger partial charge in [0.1, 0.15) is 0 Å². The smallest absolute Gasteiger partial charge is 0.0516 e. The predicted octanol–water partition coefficient (Wildman–Crippen LogP) is 1.14. The maximum atomic E-state index is 5.96. The van der Waals surface area contributed by atoms with E-state index in [1.807, 2.05) is 13.8 Å². The Kier molecular flexibility index (Phi) is 5.18. The average molecular weight is 185 g/mol. The zero-order valence-electron chi connectivity index (χ0n) is 9.59. The summed E-state index contributed by atoms with van der Waals surface area (Å²) < 4.78 is 0. The van der Waals surface area contributed by atoms with Crippen molar-refractivity contribution in [2.75, 3.05) is 27.2 Å². The van der Waals surface area contributed by atoms with Crippen LogP contribution in [0, 0.1) is 0 Å². The molecule has 0 aromatic carbocycles. The monoisotopic (exact) mass is 185 g/mol. The van der Waals surface area contributed by atoms with Gasteiger partial charge in [-0.25, -0.2) is 0 Å². The first-order chi connectivity index (χ1) is 5.88. The van der Waals surface area contributed by atoms with Crippen molar-refractivity contribution in [1.82, 2.24) is 4.90 Å². The number of nitrogens with two attached hydrogens (primary N) is 1. The van der Waals surface area contributed by atoms with Crippen LogP contribution < -0.4 is 5.73 Å². The highest BCUT2D eigenvalue weighted by molar-refractivity contribution is 5.92. The Morgan fingerprint density at radius 2 is 1.92 bits per heavy atom. The number of nitrogens with zero attached hydrogens (tertiary/aromatic N) is 2. The molecule has 3 heteroatoms. The van der Waals surface area contributed by atoms with Gasteiger partial charge >= 0.3 is 0 Å². The first kappa shape index (κ1) is 12.6. The van der Waals surface area contributed by atoms with Crippen molar-refractivity contribution in [1.29, 1.82) is 0 Å². The highest BCUT2D eigenvalue weighted by Gasteiger charge is 2.16. The van der Waals surface area contributed by atoms with Gasteiger partial charge in [0.2, 0.25) is 0 Å². The predicted molar refractivity (Wildman–Crippen MR) is 59.4 cm³/mol. The molecule has 78 valence electrons. The van der Waals surface area contributed by atoms with Crippen molar-refractivity contribution < 1.29 is 0 Å². The molecule has 3 nitrogen and oxygen atoms in total. The molecule has 0 fully saturated rings. The van der Waals surface area contributed by atoms with Gasteiger partial charge in [-0.2, -0.15) is 0 Å². The number of hydrogen-bond acceptors (Lipinski definition) is 3. The Morgan fingerprint density at radius 1 is 1.38 bits per heavy atom. The van der Waals surface area contributed by atoms with E-state index >= 15 is 0 Å². The molecule has 0 spiro atoms. The molecule has 0 radical (unpaired) electrons. The van der Waals surface area contributed by atoms with Gasteiger partial charge < -0.3 is 10.6 Å². The van der Waals surface area contributed by atoms with E-state index < -0.39 is 0 Å². The molecule has 0 aliphatic carbocycles. The summed E-state index contributed by atoms with van der Waals surface area (Å²) in [5, 5.41) is 0. The summed E-state index contributed by atoms with van der Waals surface area (Å²) in [5.41, 5.74) is 6.81. The van der Waals surface area contributed by atoms with Crippen LogP contribution in [0.5, 0.6) is 0 Å². The molecular weight excluding hydrogens is 162 g/mol. The molecule has 0 amide bonds. The lowest BCUT2D eigenvalue weighted by Crippen LogP contribution is -2.41. The second kappa shape index (κ2) is 5.35. The summed E-state index contributed by atoms with van der Waals surface area (Å²) in [6, 6.07) is 0. The third-order valence-electron chi connectivity index (χ3n) is 1.93. The first-order valence-corrected chi connectivity index (χ1v) is 4.85. The standard InChI is InChI=1S/C10H23N3/c1-6-9(10(2,3)11)12-7-8-13(4)5/h6-8,11H2,1-5H3. The minimum Gasteiger partial charge on any atom is -0.321 e. The molecule has 2 N–H and O–H groups in total. The topological polar surface area (TPSA) is 41.6 Å². The summed E-state index contributed by atoms with van der Waals surface area (Å²) in [5.74, 6) is 0. The normalized spacial score (nSPS) is 13.9. The highest BCUT2D eigenvalue weighted by Crippen LogP contribution is 2.04. The zero-order chi connectivity index (χ0) is 10.5. The van der Waals surface area contributed by atoms with Crippen molar-refractivity contribution in [2.45, 2.75) is 32.7 Å². The number of likely N-dealkylation sites (N-methyl/N-ethyl adjacent to an activating group) is 1. The van der Waals surface area contributed by atoms with Crippen molar-refractivity contribution >= 4 is 5.71 Å². The van der Waals surface area contributed by atoms with Crippen molar-refractivity contribution in [2.24, 2.45) is 10.7 Å². The molecular formula is C10H23N3. The van der Waals surface area contributed by atoms with Crippen LogP contribution in [-0.2, 0) is 0 Å². The quantitative estimate of drug-likeness (QED) is 0.653. The fraction of sp³-hybridized carbons (Fsp3) is 0.900. The molecule has 0 saturated carbocycles. The summed E-state index contributed by atoms with van der Waals surface area (Å²) >= 11 is 0. The van der Waals surface area contributed by atoms with E-state index in [4.69, 9.17) is 5.73 Å². The maximum absolute atomic E-state index is 5.96. The van der Waals surface area contributed by atoms with Gasteiger partial charge in [-0.15, -0.1) is 0 Å². The summed E-state index contributed by atoms with van der Waals surface area (Å²) in [7, 11) is 4.10. The third-order valence-corrected chi connectivity index (χ3v) is 1.93. The Labute approximate surface area is 82.0 Å². The highest BCUT2D eigenvalue weighted by atomic mass is 15.1. The fourth-order valence-corrected chi connectivity index (χ4v) is 1.16. The van der Waals surface area contributed by atoms with Crippen molar-refractivity contribution in [3.63, 3.8) is 0 Å². The Bertz CT molecular complexity index is 165. The van der Waals surface area contributed by atoms with Crippen LogP contribution in [-0.4, -0.2) is 43.3 Å². The minimum atomic E-state index is -0.263. The second-order valence-electron chi connectivity index (χ2n) is 4.21. The van der Waals surface area contributed by atoms with Gasteiger partial charge in [-0.3, -0.25) is 4.99 Å². The van der Waals surface area contributed by atoms with Crippen LogP contribution in [0.2, 0.25) is 0 Å². The molecule has 0 heterocycles. The Morgan fingerprint density at radius 3 is 2.23 bits per heavy atom. The molecule has 0 aliphatic heterocycles. The molecule has 0 atom stereocenters. The van der Waals surface area contributed by atoms with E-state index in [0.717, 1.165) is 25.2 Å². The zero-order valence-corrected chi connectivity index (χ0v) is 9.59. The van der Waals surface area contributed by atoms with E-state index in [9.17, 15) is 0 Å². The lowest BCUT2D eigenvalue weighted by molar-refractivity contribution is 0.420. The molecule has 0 bridgehead atoms. The van der Waals surface area contributed by atoms with Crippen LogP contribution in [0.15, 0.2) is 4.99 Å². The van der Waals surface area contributed by atoms with Gasteiger partial charge in [-0.1, -0.05) is 6.92 Å². The first-order valence-electron chi connectivity index (χ1n) is 4.85. The second-order valence-corrected chi connectivity index (χ2v) is 4.21. The lowest BCUT2D eigenvalue weighted by Gasteiger charge is -2.21. The lowest BCUT2D eigenvalue weighted by atomic mass is 9.98. The van der Waals surface area contributed by atoms with Gasteiger partial charge in [0.15, 0.2) is 0 Å². The minimum absolute atomic E-state index is 0.263. The van der Waals surface area contributed by atoms with Gasteiger partial charge in [-0.05, 0) is 34.4 Å². The van der Waals surface area contributed by atoms with Gasteiger partial charge in [0, 0.05) is 17.8 Å². The molecule has 0 aromatic rings. The SMILES string of the molecule is CCC(=NCCN(C)C)C(C)(C)N. The molecule has 0 rings (SSSR count). The van der Waals surface area contributed by atoms with E-state index in [0.29, 0.717) is 0 Å². The van der Waals surface area contributed by atoms with Crippen molar-refractivity contribution in [3.8, 4) is 0 Å². The van der Waals surface area contributed by atoms with Crippen LogP contribution >= 0.6 is 0 Å². The van der Waals surface area contributed by atoms with Crippen LogP contribution in [0.4, 0.5) is 0 Å². The van der Waals surface area contributed by atoms with Crippen molar-refractivity contribution in [3.05, 3.63) is 0 Å². The van der Waals surface area contributed by atoms with E-state index in [-0.39, 0.29) is 5.54 Å². The number of rotatable bonds is 5. The molecule has 13 heavy (non-hydrogen) atoms. The van der Waals surface area contributed by atoms with Crippen LogP contribution in [0.25, 0.3) is 0 Å². The number of hydrogen-bond donors (Lipinski definition) is 1. The van der Waals surface area contributed by atoms with E-state index in [1.54, 1.807) is 0 Å².